The Hall–Kier alpha value is -2.34. The molecule has 2 nitrogen and oxygen atoms in total. The van der Waals surface area contributed by atoms with Crippen molar-refractivity contribution in [3.63, 3.8) is 0 Å². The van der Waals surface area contributed by atoms with Crippen LogP contribution >= 0.6 is 0 Å². The van der Waals surface area contributed by atoms with E-state index in [1.165, 1.54) is 17.7 Å². The van der Waals surface area contributed by atoms with Crippen LogP contribution in [0.5, 0.6) is 0 Å². The molecule has 0 unspecified atom stereocenters. The van der Waals surface area contributed by atoms with Crippen LogP contribution in [0.3, 0.4) is 0 Å². The van der Waals surface area contributed by atoms with Crippen LogP contribution in [-0.2, 0) is 6.42 Å². The van der Waals surface area contributed by atoms with Crippen molar-refractivity contribution in [2.45, 2.75) is 20.3 Å². The molecular weight excluding hydrogens is 239 g/mol. The molecular formula is C16H15FN2. The van der Waals surface area contributed by atoms with Gasteiger partial charge in [0.1, 0.15) is 11.9 Å². The standard InChI is InChI=1S/C16H15FN2/c1-3-12-6-4-5-11(2)16(12)19-14-8-7-13(10-18)15(17)9-14/h4-9,19H,3H2,1-2H3. The molecule has 0 aromatic heterocycles. The number of para-hydroxylation sites is 1. The van der Waals surface area contributed by atoms with Crippen LogP contribution in [0, 0.1) is 24.1 Å². The molecule has 0 bridgehead atoms. The van der Waals surface area contributed by atoms with Crippen LogP contribution in [0.25, 0.3) is 0 Å². The quantitative estimate of drug-likeness (QED) is 0.885. The van der Waals surface area contributed by atoms with Crippen molar-refractivity contribution >= 4 is 11.4 Å². The Morgan fingerprint density at radius 1 is 1.26 bits per heavy atom. The largest absolute Gasteiger partial charge is 0.355 e. The van der Waals surface area contributed by atoms with E-state index in [0.29, 0.717) is 5.69 Å². The lowest BCUT2D eigenvalue weighted by Gasteiger charge is -2.14. The highest BCUT2D eigenvalue weighted by molar-refractivity contribution is 5.67. The van der Waals surface area contributed by atoms with E-state index in [1.807, 2.05) is 25.1 Å². The van der Waals surface area contributed by atoms with E-state index >= 15 is 0 Å². The van der Waals surface area contributed by atoms with Crippen LogP contribution in [0.1, 0.15) is 23.6 Å². The minimum Gasteiger partial charge on any atom is -0.355 e. The number of nitrogens with one attached hydrogen (secondary N) is 1. The van der Waals surface area contributed by atoms with Gasteiger partial charge in [0.2, 0.25) is 0 Å². The molecule has 2 rings (SSSR count). The Morgan fingerprint density at radius 3 is 2.68 bits per heavy atom. The first-order valence-corrected chi connectivity index (χ1v) is 6.21. The van der Waals surface area contributed by atoms with Crippen molar-refractivity contribution in [2.75, 3.05) is 5.32 Å². The molecule has 0 amide bonds. The van der Waals surface area contributed by atoms with Crippen LogP contribution in [0.15, 0.2) is 36.4 Å². The zero-order valence-electron chi connectivity index (χ0n) is 11.0. The number of nitrogens with zero attached hydrogens (tertiary/aromatic N) is 1. The van der Waals surface area contributed by atoms with E-state index in [4.69, 9.17) is 5.26 Å². The van der Waals surface area contributed by atoms with Crippen molar-refractivity contribution < 1.29 is 4.39 Å². The molecule has 19 heavy (non-hydrogen) atoms. The number of aryl methyl sites for hydroxylation is 2. The molecule has 0 atom stereocenters. The van der Waals surface area contributed by atoms with Gasteiger partial charge < -0.3 is 5.32 Å². The van der Waals surface area contributed by atoms with E-state index in [9.17, 15) is 4.39 Å². The molecule has 0 saturated heterocycles. The predicted octanol–water partition coefficient (Wildman–Crippen LogP) is 4.31. The number of anilines is 2. The van der Waals surface area contributed by atoms with Gasteiger partial charge in [0.05, 0.1) is 5.56 Å². The van der Waals surface area contributed by atoms with Crippen molar-refractivity contribution in [2.24, 2.45) is 0 Å². The lowest BCUT2D eigenvalue weighted by molar-refractivity contribution is 0.624. The number of rotatable bonds is 3. The summed E-state index contributed by atoms with van der Waals surface area (Å²) in [5, 5.41) is 11.9. The lowest BCUT2D eigenvalue weighted by Crippen LogP contribution is -1.99. The molecule has 3 heteroatoms. The first-order valence-electron chi connectivity index (χ1n) is 6.21. The highest BCUT2D eigenvalue weighted by Crippen LogP contribution is 2.26. The van der Waals surface area contributed by atoms with Gasteiger partial charge in [-0.25, -0.2) is 4.39 Å². The summed E-state index contributed by atoms with van der Waals surface area (Å²) in [5.74, 6) is -0.501. The first kappa shape index (κ1) is 13.1. The smallest absolute Gasteiger partial charge is 0.143 e. The van der Waals surface area contributed by atoms with E-state index < -0.39 is 5.82 Å². The second-order valence-corrected chi connectivity index (χ2v) is 4.39. The highest BCUT2D eigenvalue weighted by Gasteiger charge is 2.07. The number of hydrogen-bond donors (Lipinski definition) is 1. The normalized spacial score (nSPS) is 10.0. The molecule has 2 aromatic carbocycles. The first-order chi connectivity index (χ1) is 9.15. The maximum atomic E-state index is 13.6. The summed E-state index contributed by atoms with van der Waals surface area (Å²) in [4.78, 5) is 0. The fourth-order valence-corrected chi connectivity index (χ4v) is 2.03. The lowest BCUT2D eigenvalue weighted by atomic mass is 10.1. The molecule has 1 N–H and O–H groups in total. The predicted molar refractivity (Wildman–Crippen MR) is 75.0 cm³/mol. The third-order valence-corrected chi connectivity index (χ3v) is 3.10. The van der Waals surface area contributed by atoms with Gasteiger partial charge in [-0.2, -0.15) is 5.26 Å². The topological polar surface area (TPSA) is 35.8 Å². The minimum absolute atomic E-state index is 0.0612. The molecule has 0 aliphatic carbocycles. The highest BCUT2D eigenvalue weighted by atomic mass is 19.1. The zero-order valence-corrected chi connectivity index (χ0v) is 11.0. The van der Waals surface area contributed by atoms with Crippen LogP contribution in [0.2, 0.25) is 0 Å². The summed E-state index contributed by atoms with van der Waals surface area (Å²) in [5.41, 5.74) is 4.02. The fourth-order valence-electron chi connectivity index (χ4n) is 2.03. The average molecular weight is 254 g/mol. The van der Waals surface area contributed by atoms with Crippen LogP contribution in [-0.4, -0.2) is 0 Å². The third kappa shape index (κ3) is 2.74. The number of benzene rings is 2. The van der Waals surface area contributed by atoms with Gasteiger partial charge in [-0.1, -0.05) is 25.1 Å². The molecule has 0 spiro atoms. The molecule has 0 radical (unpaired) electrons. The van der Waals surface area contributed by atoms with Gasteiger partial charge in [-0.3, -0.25) is 0 Å². The molecule has 0 aliphatic rings. The summed E-state index contributed by atoms with van der Waals surface area (Å²) in [6.07, 6.45) is 0.906. The molecule has 0 saturated carbocycles. The summed E-state index contributed by atoms with van der Waals surface area (Å²) in [6, 6.07) is 12.5. The van der Waals surface area contributed by atoms with Gasteiger partial charge in [0.15, 0.2) is 0 Å². The van der Waals surface area contributed by atoms with Gasteiger partial charge in [-0.05, 0) is 42.7 Å². The van der Waals surface area contributed by atoms with E-state index in [1.54, 1.807) is 6.07 Å². The Morgan fingerprint density at radius 2 is 2.05 bits per heavy atom. The second kappa shape index (κ2) is 5.53. The van der Waals surface area contributed by atoms with Crippen LogP contribution in [0.4, 0.5) is 15.8 Å². The van der Waals surface area contributed by atoms with E-state index in [-0.39, 0.29) is 5.56 Å². The average Bonchev–Trinajstić information content (AvgIpc) is 2.41. The summed E-state index contributed by atoms with van der Waals surface area (Å²) < 4.78 is 13.6. The van der Waals surface area contributed by atoms with Gasteiger partial charge in [0, 0.05) is 11.4 Å². The Balaban J connectivity index is 2.37. The fraction of sp³-hybridized carbons (Fsp3) is 0.188. The Labute approximate surface area is 112 Å². The molecule has 0 heterocycles. The second-order valence-electron chi connectivity index (χ2n) is 4.39. The maximum absolute atomic E-state index is 13.6. The SMILES string of the molecule is CCc1cccc(C)c1Nc1ccc(C#N)c(F)c1. The zero-order chi connectivity index (χ0) is 13.8. The maximum Gasteiger partial charge on any atom is 0.143 e. The van der Waals surface area contributed by atoms with Gasteiger partial charge in [-0.15, -0.1) is 0 Å². The van der Waals surface area contributed by atoms with Crippen LogP contribution < -0.4 is 5.32 Å². The molecule has 96 valence electrons. The molecule has 0 fully saturated rings. The van der Waals surface area contributed by atoms with E-state index in [0.717, 1.165) is 17.7 Å². The minimum atomic E-state index is -0.501. The van der Waals surface area contributed by atoms with Gasteiger partial charge in [0.25, 0.3) is 0 Å². The van der Waals surface area contributed by atoms with Crippen molar-refractivity contribution in [3.05, 3.63) is 58.9 Å². The van der Waals surface area contributed by atoms with Gasteiger partial charge >= 0.3 is 0 Å². The summed E-state index contributed by atoms with van der Waals surface area (Å²) in [7, 11) is 0. The van der Waals surface area contributed by atoms with Crippen molar-refractivity contribution in [3.8, 4) is 6.07 Å². The number of halogens is 1. The number of hydrogen-bond acceptors (Lipinski definition) is 2. The van der Waals surface area contributed by atoms with Crippen molar-refractivity contribution in [1.29, 1.82) is 5.26 Å². The van der Waals surface area contributed by atoms with E-state index in [2.05, 4.69) is 18.3 Å². The third-order valence-electron chi connectivity index (χ3n) is 3.10. The molecule has 0 aliphatic heterocycles. The Bertz CT molecular complexity index is 642. The van der Waals surface area contributed by atoms with Crippen molar-refractivity contribution in [1.82, 2.24) is 0 Å². The monoisotopic (exact) mass is 254 g/mol. The Kier molecular flexibility index (Phi) is 3.82. The molecule has 2 aromatic rings. The number of nitriles is 1. The summed E-state index contributed by atoms with van der Waals surface area (Å²) in [6.45, 7) is 4.10. The summed E-state index contributed by atoms with van der Waals surface area (Å²) >= 11 is 0.